The molecule has 0 aliphatic carbocycles. The van der Waals surface area contributed by atoms with E-state index in [1.54, 1.807) is 0 Å². The minimum atomic E-state index is -0.401. The largest absolute Gasteiger partial charge is 0.381 e. The standard InChI is InChI=1S/C16H19BrN2O3/c17-13-3-1-12(2-4-13)16(5-7-22-8-6-16)19-15(21)11-9-14(20)18-10-11/h1-4,11H,5-10H2,(H,18,20)(H,19,21). The minimum Gasteiger partial charge on any atom is -0.381 e. The Morgan fingerprint density at radius 2 is 1.95 bits per heavy atom. The van der Waals surface area contributed by atoms with Gasteiger partial charge in [-0.15, -0.1) is 0 Å². The lowest BCUT2D eigenvalue weighted by Crippen LogP contribution is -2.51. The van der Waals surface area contributed by atoms with Crippen molar-refractivity contribution in [2.45, 2.75) is 24.8 Å². The summed E-state index contributed by atoms with van der Waals surface area (Å²) >= 11 is 3.44. The number of amides is 2. The molecule has 2 saturated heterocycles. The van der Waals surface area contributed by atoms with Gasteiger partial charge in [-0.05, 0) is 30.5 Å². The first-order valence-corrected chi connectivity index (χ1v) is 8.31. The zero-order valence-electron chi connectivity index (χ0n) is 12.2. The van der Waals surface area contributed by atoms with Crippen molar-refractivity contribution >= 4 is 27.7 Å². The van der Waals surface area contributed by atoms with Gasteiger partial charge in [0.05, 0.1) is 11.5 Å². The van der Waals surface area contributed by atoms with E-state index < -0.39 is 5.54 Å². The van der Waals surface area contributed by atoms with Crippen LogP contribution in [-0.2, 0) is 19.9 Å². The Kier molecular flexibility index (Phi) is 4.49. The third-order valence-electron chi connectivity index (χ3n) is 4.45. The number of hydrogen-bond acceptors (Lipinski definition) is 3. The van der Waals surface area contributed by atoms with E-state index in [1.165, 1.54) is 0 Å². The van der Waals surface area contributed by atoms with Crippen molar-refractivity contribution in [1.29, 1.82) is 0 Å². The molecule has 22 heavy (non-hydrogen) atoms. The van der Waals surface area contributed by atoms with Crippen LogP contribution in [-0.4, -0.2) is 31.6 Å². The van der Waals surface area contributed by atoms with Gasteiger partial charge in [-0.2, -0.15) is 0 Å². The van der Waals surface area contributed by atoms with Crippen molar-refractivity contribution in [1.82, 2.24) is 10.6 Å². The predicted octanol–water partition coefficient (Wildman–Crippen LogP) is 1.71. The summed E-state index contributed by atoms with van der Waals surface area (Å²) in [6, 6.07) is 8.04. The molecule has 118 valence electrons. The Balaban J connectivity index is 1.81. The summed E-state index contributed by atoms with van der Waals surface area (Å²) in [4.78, 5) is 23.9. The SMILES string of the molecule is O=C1CC(C(=O)NC2(c3ccc(Br)cc3)CCOCC2)CN1. The quantitative estimate of drug-likeness (QED) is 0.855. The molecule has 1 aromatic carbocycles. The number of carbonyl (C=O) groups is 2. The fourth-order valence-electron chi connectivity index (χ4n) is 3.10. The molecule has 6 heteroatoms. The molecule has 2 aliphatic rings. The maximum atomic E-state index is 12.6. The fraction of sp³-hybridized carbons (Fsp3) is 0.500. The number of halogens is 1. The molecule has 0 bridgehead atoms. The van der Waals surface area contributed by atoms with Gasteiger partial charge in [0, 0.05) is 30.7 Å². The second-order valence-corrected chi connectivity index (χ2v) is 6.81. The van der Waals surface area contributed by atoms with Gasteiger partial charge in [-0.1, -0.05) is 28.1 Å². The summed E-state index contributed by atoms with van der Waals surface area (Å²) in [5, 5.41) is 5.92. The summed E-state index contributed by atoms with van der Waals surface area (Å²) in [7, 11) is 0. The average Bonchev–Trinajstić information content (AvgIpc) is 2.95. The maximum Gasteiger partial charge on any atom is 0.226 e. The highest BCUT2D eigenvalue weighted by molar-refractivity contribution is 9.10. The molecule has 0 radical (unpaired) electrons. The van der Waals surface area contributed by atoms with Crippen LogP contribution in [0.4, 0.5) is 0 Å². The number of ether oxygens (including phenoxy) is 1. The first-order valence-electron chi connectivity index (χ1n) is 7.52. The van der Waals surface area contributed by atoms with Crippen molar-refractivity contribution in [3.05, 3.63) is 34.3 Å². The zero-order chi connectivity index (χ0) is 15.6. The molecule has 5 nitrogen and oxygen atoms in total. The van der Waals surface area contributed by atoms with Crippen LogP contribution in [0.25, 0.3) is 0 Å². The highest BCUT2D eigenvalue weighted by Crippen LogP contribution is 2.33. The lowest BCUT2D eigenvalue weighted by molar-refractivity contribution is -0.129. The van der Waals surface area contributed by atoms with Crippen molar-refractivity contribution in [3.8, 4) is 0 Å². The molecule has 2 aliphatic heterocycles. The van der Waals surface area contributed by atoms with Crippen LogP contribution in [0.5, 0.6) is 0 Å². The second-order valence-electron chi connectivity index (χ2n) is 5.90. The molecule has 3 rings (SSSR count). The molecule has 2 amide bonds. The van der Waals surface area contributed by atoms with Gasteiger partial charge in [0.15, 0.2) is 0 Å². The number of hydrogen-bond donors (Lipinski definition) is 2. The normalized spacial score (nSPS) is 23.9. The molecule has 1 unspecified atom stereocenters. The molecule has 1 aromatic rings. The first kappa shape index (κ1) is 15.5. The van der Waals surface area contributed by atoms with E-state index in [9.17, 15) is 9.59 Å². The van der Waals surface area contributed by atoms with Crippen LogP contribution in [0, 0.1) is 5.92 Å². The molecular formula is C16H19BrN2O3. The Morgan fingerprint density at radius 1 is 1.27 bits per heavy atom. The molecule has 0 aromatic heterocycles. The summed E-state index contributed by atoms with van der Waals surface area (Å²) in [6.45, 7) is 1.67. The van der Waals surface area contributed by atoms with Crippen molar-refractivity contribution < 1.29 is 14.3 Å². The number of nitrogens with one attached hydrogen (secondary N) is 2. The van der Waals surface area contributed by atoms with E-state index >= 15 is 0 Å². The Labute approximate surface area is 137 Å². The van der Waals surface area contributed by atoms with Crippen LogP contribution >= 0.6 is 15.9 Å². The van der Waals surface area contributed by atoms with E-state index in [2.05, 4.69) is 26.6 Å². The Bertz CT molecular complexity index is 567. The van der Waals surface area contributed by atoms with Crippen molar-refractivity contribution in [2.75, 3.05) is 19.8 Å². The third-order valence-corrected chi connectivity index (χ3v) is 4.98. The molecule has 0 spiro atoms. The molecular weight excluding hydrogens is 348 g/mol. The summed E-state index contributed by atoms with van der Waals surface area (Å²) in [5.74, 6) is -0.379. The van der Waals surface area contributed by atoms with Crippen LogP contribution in [0.2, 0.25) is 0 Å². The number of carbonyl (C=O) groups excluding carboxylic acids is 2. The van der Waals surface area contributed by atoms with E-state index in [0.29, 0.717) is 19.8 Å². The van der Waals surface area contributed by atoms with Crippen molar-refractivity contribution in [2.24, 2.45) is 5.92 Å². The van der Waals surface area contributed by atoms with Gasteiger partial charge in [0.1, 0.15) is 0 Å². The van der Waals surface area contributed by atoms with Gasteiger partial charge >= 0.3 is 0 Å². The van der Waals surface area contributed by atoms with Crippen LogP contribution < -0.4 is 10.6 Å². The van der Waals surface area contributed by atoms with Gasteiger partial charge in [0.25, 0.3) is 0 Å². The lowest BCUT2D eigenvalue weighted by Gasteiger charge is -2.39. The maximum absolute atomic E-state index is 12.6. The molecule has 1 atom stereocenters. The Morgan fingerprint density at radius 3 is 2.55 bits per heavy atom. The molecule has 2 N–H and O–H groups in total. The number of benzene rings is 1. The predicted molar refractivity (Wildman–Crippen MR) is 85.1 cm³/mol. The molecule has 0 saturated carbocycles. The molecule has 2 fully saturated rings. The molecule has 2 heterocycles. The van der Waals surface area contributed by atoms with Crippen molar-refractivity contribution in [3.63, 3.8) is 0 Å². The first-order chi connectivity index (χ1) is 10.6. The van der Waals surface area contributed by atoms with E-state index in [1.807, 2.05) is 24.3 Å². The summed E-state index contributed by atoms with van der Waals surface area (Å²) in [5.41, 5.74) is 0.687. The van der Waals surface area contributed by atoms with Gasteiger partial charge in [-0.25, -0.2) is 0 Å². The van der Waals surface area contributed by atoms with E-state index in [0.717, 1.165) is 22.9 Å². The summed E-state index contributed by atoms with van der Waals surface area (Å²) < 4.78 is 6.48. The third kappa shape index (κ3) is 3.17. The van der Waals surface area contributed by atoms with E-state index in [4.69, 9.17) is 4.74 Å². The second kappa shape index (κ2) is 6.38. The van der Waals surface area contributed by atoms with Gasteiger partial charge < -0.3 is 15.4 Å². The Hall–Kier alpha value is -1.40. The lowest BCUT2D eigenvalue weighted by atomic mass is 9.82. The smallest absolute Gasteiger partial charge is 0.226 e. The average molecular weight is 367 g/mol. The number of rotatable bonds is 3. The highest BCUT2D eigenvalue weighted by Gasteiger charge is 2.38. The fourth-order valence-corrected chi connectivity index (χ4v) is 3.37. The van der Waals surface area contributed by atoms with Gasteiger partial charge in [-0.3, -0.25) is 9.59 Å². The zero-order valence-corrected chi connectivity index (χ0v) is 13.8. The van der Waals surface area contributed by atoms with Crippen LogP contribution in [0.1, 0.15) is 24.8 Å². The topological polar surface area (TPSA) is 67.4 Å². The van der Waals surface area contributed by atoms with Crippen LogP contribution in [0.15, 0.2) is 28.7 Å². The highest BCUT2D eigenvalue weighted by atomic mass is 79.9. The van der Waals surface area contributed by atoms with Gasteiger partial charge in [0.2, 0.25) is 11.8 Å². The van der Waals surface area contributed by atoms with Crippen LogP contribution in [0.3, 0.4) is 0 Å². The van der Waals surface area contributed by atoms with E-state index in [-0.39, 0.29) is 24.2 Å². The minimum absolute atomic E-state index is 0.0511. The summed E-state index contributed by atoms with van der Waals surface area (Å²) in [6.07, 6.45) is 1.77. The monoisotopic (exact) mass is 366 g/mol.